The van der Waals surface area contributed by atoms with Crippen LogP contribution in [0.1, 0.15) is 51.9 Å². The van der Waals surface area contributed by atoms with Crippen LogP contribution in [-0.4, -0.2) is 37.0 Å². The molecular weight excluding hydrogens is 224 g/mol. The van der Waals surface area contributed by atoms with E-state index in [1.807, 2.05) is 0 Å². The van der Waals surface area contributed by atoms with Crippen LogP contribution in [0.2, 0.25) is 0 Å². The normalized spacial score (nSPS) is 29.3. The summed E-state index contributed by atoms with van der Waals surface area (Å²) in [6.45, 7) is 6.53. The van der Waals surface area contributed by atoms with Crippen molar-refractivity contribution in [1.29, 1.82) is 0 Å². The number of carbonyl (C=O) groups is 1. The molecule has 1 saturated carbocycles. The minimum Gasteiger partial charge on any atom is -0.342 e. The van der Waals surface area contributed by atoms with E-state index in [4.69, 9.17) is 0 Å². The largest absolute Gasteiger partial charge is 0.342 e. The molecule has 1 amide bonds. The minimum atomic E-state index is 0.0648. The lowest BCUT2D eigenvalue weighted by atomic mass is 9.73. The van der Waals surface area contributed by atoms with Gasteiger partial charge >= 0.3 is 0 Å². The van der Waals surface area contributed by atoms with Crippen molar-refractivity contribution in [2.45, 2.75) is 51.9 Å². The van der Waals surface area contributed by atoms with Crippen molar-refractivity contribution in [2.75, 3.05) is 26.2 Å². The van der Waals surface area contributed by atoms with Crippen LogP contribution >= 0.6 is 0 Å². The molecule has 0 bridgehead atoms. The number of rotatable bonds is 2. The lowest BCUT2D eigenvalue weighted by Gasteiger charge is -2.45. The number of hydrogen-bond donors (Lipinski definition) is 1. The molecule has 3 rings (SSSR count). The van der Waals surface area contributed by atoms with Gasteiger partial charge in [-0.3, -0.25) is 4.79 Å². The van der Waals surface area contributed by atoms with Crippen molar-refractivity contribution in [3.8, 4) is 0 Å². The van der Waals surface area contributed by atoms with E-state index in [-0.39, 0.29) is 5.41 Å². The first-order chi connectivity index (χ1) is 8.70. The molecule has 102 valence electrons. The van der Waals surface area contributed by atoms with Gasteiger partial charge < -0.3 is 10.2 Å². The van der Waals surface area contributed by atoms with Crippen LogP contribution in [-0.2, 0) is 4.79 Å². The van der Waals surface area contributed by atoms with Gasteiger partial charge in [0.25, 0.3) is 0 Å². The second kappa shape index (κ2) is 4.52. The summed E-state index contributed by atoms with van der Waals surface area (Å²) in [6.07, 6.45) is 8.40. The third-order valence-corrected chi connectivity index (χ3v) is 5.66. The summed E-state index contributed by atoms with van der Waals surface area (Å²) in [5.74, 6) is 0.462. The van der Waals surface area contributed by atoms with E-state index in [1.54, 1.807) is 0 Å². The van der Waals surface area contributed by atoms with Gasteiger partial charge in [-0.15, -0.1) is 0 Å². The number of likely N-dealkylation sites (tertiary alicyclic amines) is 1. The summed E-state index contributed by atoms with van der Waals surface area (Å²) >= 11 is 0. The molecule has 0 aromatic rings. The molecule has 2 heterocycles. The second-order valence-corrected chi connectivity index (χ2v) is 6.71. The summed E-state index contributed by atoms with van der Waals surface area (Å²) in [5, 5.41) is 3.54. The second-order valence-electron chi connectivity index (χ2n) is 6.71. The van der Waals surface area contributed by atoms with Gasteiger partial charge in [-0.05, 0) is 56.9 Å². The SMILES string of the molecule is CCC1(C(=O)N2CCC3(CCCNC3)CC2)CC1. The van der Waals surface area contributed by atoms with Crippen LogP contribution < -0.4 is 5.32 Å². The predicted octanol–water partition coefficient (Wildman–Crippen LogP) is 2.17. The molecule has 0 atom stereocenters. The molecule has 18 heavy (non-hydrogen) atoms. The zero-order chi connectivity index (χ0) is 12.6. The zero-order valence-electron chi connectivity index (χ0n) is 11.6. The molecule has 3 fully saturated rings. The Hall–Kier alpha value is -0.570. The molecule has 1 spiro atoms. The molecular formula is C15H26N2O. The van der Waals surface area contributed by atoms with E-state index < -0.39 is 0 Å². The molecule has 2 saturated heterocycles. The standard InChI is InChI=1S/C15H26N2O/c1-2-15(5-6-15)13(18)17-10-7-14(8-11-17)4-3-9-16-12-14/h16H,2-12H2,1H3. The van der Waals surface area contributed by atoms with Crippen LogP contribution in [0.3, 0.4) is 0 Å². The van der Waals surface area contributed by atoms with Crippen LogP contribution in [0.5, 0.6) is 0 Å². The average Bonchev–Trinajstić information content (AvgIpc) is 3.21. The van der Waals surface area contributed by atoms with Crippen molar-refractivity contribution < 1.29 is 4.79 Å². The third kappa shape index (κ3) is 2.07. The molecule has 3 nitrogen and oxygen atoms in total. The minimum absolute atomic E-state index is 0.0648. The van der Waals surface area contributed by atoms with Crippen LogP contribution in [0, 0.1) is 10.8 Å². The van der Waals surface area contributed by atoms with Crippen LogP contribution in [0.4, 0.5) is 0 Å². The Balaban J connectivity index is 1.58. The average molecular weight is 250 g/mol. The molecule has 1 N–H and O–H groups in total. The molecule has 2 aliphatic heterocycles. The summed E-state index contributed by atoms with van der Waals surface area (Å²) in [6, 6.07) is 0. The van der Waals surface area contributed by atoms with Gasteiger partial charge in [0, 0.05) is 25.0 Å². The van der Waals surface area contributed by atoms with Gasteiger partial charge in [-0.25, -0.2) is 0 Å². The smallest absolute Gasteiger partial charge is 0.228 e. The van der Waals surface area contributed by atoms with Gasteiger partial charge in [-0.1, -0.05) is 6.92 Å². The number of nitrogens with zero attached hydrogens (tertiary/aromatic N) is 1. The molecule has 0 aromatic heterocycles. The molecule has 0 radical (unpaired) electrons. The highest BCUT2D eigenvalue weighted by Crippen LogP contribution is 2.51. The first-order valence-electron chi connectivity index (χ1n) is 7.70. The van der Waals surface area contributed by atoms with E-state index in [0.29, 0.717) is 11.3 Å². The molecule has 0 aromatic carbocycles. The number of nitrogens with one attached hydrogen (secondary N) is 1. The van der Waals surface area contributed by atoms with Gasteiger partial charge in [0.1, 0.15) is 0 Å². The van der Waals surface area contributed by atoms with Crippen molar-refractivity contribution in [1.82, 2.24) is 10.2 Å². The Morgan fingerprint density at radius 1 is 1.17 bits per heavy atom. The Kier molecular flexibility index (Phi) is 3.13. The zero-order valence-corrected chi connectivity index (χ0v) is 11.6. The Morgan fingerprint density at radius 2 is 1.89 bits per heavy atom. The molecule has 3 heteroatoms. The Bertz CT molecular complexity index is 319. The first-order valence-corrected chi connectivity index (χ1v) is 7.70. The highest BCUT2D eigenvalue weighted by Gasteiger charge is 2.51. The van der Waals surface area contributed by atoms with E-state index in [0.717, 1.165) is 32.4 Å². The third-order valence-electron chi connectivity index (χ3n) is 5.66. The molecule has 3 aliphatic rings. The van der Waals surface area contributed by atoms with Crippen molar-refractivity contribution >= 4 is 5.91 Å². The Labute approximate surface area is 110 Å². The van der Waals surface area contributed by atoms with Gasteiger partial charge in [0.15, 0.2) is 0 Å². The first kappa shape index (κ1) is 12.5. The lowest BCUT2D eigenvalue weighted by Crippen LogP contribution is -2.50. The van der Waals surface area contributed by atoms with E-state index in [2.05, 4.69) is 17.1 Å². The maximum Gasteiger partial charge on any atom is 0.228 e. The maximum atomic E-state index is 12.5. The van der Waals surface area contributed by atoms with E-state index >= 15 is 0 Å². The van der Waals surface area contributed by atoms with E-state index in [9.17, 15) is 4.79 Å². The summed E-state index contributed by atoms with van der Waals surface area (Å²) in [4.78, 5) is 14.7. The van der Waals surface area contributed by atoms with Crippen molar-refractivity contribution in [3.05, 3.63) is 0 Å². The number of amides is 1. The monoisotopic (exact) mass is 250 g/mol. The fraction of sp³-hybridized carbons (Fsp3) is 0.933. The quantitative estimate of drug-likeness (QED) is 0.814. The topological polar surface area (TPSA) is 32.3 Å². The van der Waals surface area contributed by atoms with Crippen molar-refractivity contribution in [3.63, 3.8) is 0 Å². The Morgan fingerprint density at radius 3 is 2.39 bits per heavy atom. The van der Waals surface area contributed by atoms with Crippen molar-refractivity contribution in [2.24, 2.45) is 10.8 Å². The number of piperidine rings is 2. The maximum absolute atomic E-state index is 12.5. The summed E-state index contributed by atoms with van der Waals surface area (Å²) < 4.78 is 0. The summed E-state index contributed by atoms with van der Waals surface area (Å²) in [5.41, 5.74) is 0.577. The highest BCUT2D eigenvalue weighted by atomic mass is 16.2. The molecule has 0 unspecified atom stereocenters. The summed E-state index contributed by atoms with van der Waals surface area (Å²) in [7, 11) is 0. The fourth-order valence-electron chi connectivity index (χ4n) is 3.85. The van der Waals surface area contributed by atoms with Gasteiger partial charge in [0.05, 0.1) is 0 Å². The fourth-order valence-corrected chi connectivity index (χ4v) is 3.85. The lowest BCUT2D eigenvalue weighted by molar-refractivity contribution is -0.139. The highest BCUT2D eigenvalue weighted by molar-refractivity contribution is 5.85. The predicted molar refractivity (Wildman–Crippen MR) is 72.3 cm³/mol. The number of hydrogen-bond acceptors (Lipinski definition) is 2. The number of carbonyl (C=O) groups excluding carboxylic acids is 1. The molecule has 1 aliphatic carbocycles. The van der Waals surface area contributed by atoms with Gasteiger partial charge in [-0.2, -0.15) is 0 Å². The van der Waals surface area contributed by atoms with Gasteiger partial charge in [0.2, 0.25) is 5.91 Å². The van der Waals surface area contributed by atoms with E-state index in [1.165, 1.54) is 38.8 Å². The van der Waals surface area contributed by atoms with Crippen LogP contribution in [0.15, 0.2) is 0 Å². The van der Waals surface area contributed by atoms with Crippen LogP contribution in [0.25, 0.3) is 0 Å².